The second kappa shape index (κ2) is 17.8. The fraction of sp³-hybridized carbons (Fsp3) is 0. The molecule has 0 aliphatic carbocycles. The lowest BCUT2D eigenvalue weighted by molar-refractivity contribution is 1.17. The molecule has 1 heterocycles. The summed E-state index contributed by atoms with van der Waals surface area (Å²) < 4.78 is 2.41. The zero-order valence-electron chi connectivity index (χ0n) is 37.5. The lowest BCUT2D eigenvalue weighted by Gasteiger charge is -2.31. The first kappa shape index (κ1) is 40.5. The van der Waals surface area contributed by atoms with Gasteiger partial charge in [-0.2, -0.15) is 0 Å². The van der Waals surface area contributed by atoms with Gasteiger partial charge in [-0.1, -0.05) is 237 Å². The second-order valence-electron chi connectivity index (χ2n) is 17.2. The van der Waals surface area contributed by atoms with Gasteiger partial charge in [0.1, 0.15) is 0 Å². The monoisotopic (exact) mass is 866 g/mol. The van der Waals surface area contributed by atoms with Gasteiger partial charge in [-0.25, -0.2) is 0 Å². The SMILES string of the molecule is c1ccc(-c2ccc(-c3ccccc3N(c3cccc(-n4c5ccccc5c5ccccc54)c3)c3ccccc3-c3cccc(-c4ccccc4)c3-c3ccccc3-c3ccccc3)cc2)cc1. The summed E-state index contributed by atoms with van der Waals surface area (Å²) in [7, 11) is 0. The number of hydrogen-bond donors (Lipinski definition) is 0. The van der Waals surface area contributed by atoms with Crippen LogP contribution in [0.5, 0.6) is 0 Å². The number of rotatable bonds is 10. The van der Waals surface area contributed by atoms with Crippen molar-refractivity contribution >= 4 is 38.9 Å². The van der Waals surface area contributed by atoms with Crippen molar-refractivity contribution in [1.82, 2.24) is 4.57 Å². The summed E-state index contributed by atoms with van der Waals surface area (Å²) in [5.41, 5.74) is 20.7. The van der Waals surface area contributed by atoms with Gasteiger partial charge in [0.25, 0.3) is 0 Å². The highest BCUT2D eigenvalue weighted by Gasteiger charge is 2.25. The Hall–Kier alpha value is -8.98. The number of para-hydroxylation sites is 4. The van der Waals surface area contributed by atoms with Gasteiger partial charge in [-0.15, -0.1) is 0 Å². The molecule has 12 rings (SSSR count). The minimum Gasteiger partial charge on any atom is -0.309 e. The van der Waals surface area contributed by atoms with E-state index in [0.717, 1.165) is 45.0 Å². The third-order valence-corrected chi connectivity index (χ3v) is 13.2. The Morgan fingerprint density at radius 3 is 1.31 bits per heavy atom. The van der Waals surface area contributed by atoms with E-state index in [1.165, 1.54) is 66.3 Å². The van der Waals surface area contributed by atoms with Crippen LogP contribution in [0.3, 0.4) is 0 Å². The number of fused-ring (bicyclic) bond motifs is 3. The lowest BCUT2D eigenvalue weighted by atomic mass is 9.84. The normalized spacial score (nSPS) is 11.2. The lowest BCUT2D eigenvalue weighted by Crippen LogP contribution is -2.13. The fourth-order valence-electron chi connectivity index (χ4n) is 10.2. The van der Waals surface area contributed by atoms with E-state index in [4.69, 9.17) is 0 Å². The van der Waals surface area contributed by atoms with Gasteiger partial charge in [0.15, 0.2) is 0 Å². The first-order valence-corrected chi connectivity index (χ1v) is 23.3. The molecule has 0 aliphatic rings. The zero-order valence-corrected chi connectivity index (χ0v) is 37.5. The first-order valence-electron chi connectivity index (χ1n) is 23.3. The van der Waals surface area contributed by atoms with Crippen molar-refractivity contribution in [2.24, 2.45) is 0 Å². The fourth-order valence-corrected chi connectivity index (χ4v) is 10.2. The van der Waals surface area contributed by atoms with E-state index in [9.17, 15) is 0 Å². The van der Waals surface area contributed by atoms with Gasteiger partial charge >= 0.3 is 0 Å². The highest BCUT2D eigenvalue weighted by Crippen LogP contribution is 2.50. The van der Waals surface area contributed by atoms with E-state index in [2.05, 4.69) is 289 Å². The van der Waals surface area contributed by atoms with Crippen LogP contribution in [0.4, 0.5) is 17.1 Å². The third kappa shape index (κ3) is 7.35. The van der Waals surface area contributed by atoms with Crippen LogP contribution < -0.4 is 4.90 Å². The van der Waals surface area contributed by atoms with E-state index in [-0.39, 0.29) is 0 Å². The minimum atomic E-state index is 1.05. The molecule has 0 saturated carbocycles. The number of aromatic nitrogens is 1. The smallest absolute Gasteiger partial charge is 0.0541 e. The molecule has 2 heteroatoms. The molecule has 0 radical (unpaired) electrons. The molecule has 0 N–H and O–H groups in total. The molecule has 12 aromatic rings. The maximum Gasteiger partial charge on any atom is 0.0541 e. The van der Waals surface area contributed by atoms with E-state index < -0.39 is 0 Å². The summed E-state index contributed by atoms with van der Waals surface area (Å²) in [6, 6.07) is 101. The standard InChI is InChI=1S/C66H46N2/c1-4-22-47(23-5-1)48-42-44-51(45-43-48)55-31-12-16-38-62(55)67(52-28-20-29-53(46-52)68-63-39-17-13-32-57(63)58-33-14-18-40-64(58)68)65-41-19-15-34-59(65)61-37-21-36-56(50-26-8-3-9-27-50)66(61)60-35-11-10-30-54(60)49-24-6-2-7-25-49/h1-46H. The number of nitrogens with zero attached hydrogens (tertiary/aromatic N) is 2. The Kier molecular flexibility index (Phi) is 10.6. The Bertz CT molecular complexity index is 3670. The van der Waals surface area contributed by atoms with Crippen LogP contribution in [0, 0.1) is 0 Å². The summed E-state index contributed by atoms with van der Waals surface area (Å²) in [5, 5.41) is 2.48. The molecular weight excluding hydrogens is 821 g/mol. The molecule has 0 bridgehead atoms. The first-order chi connectivity index (χ1) is 33.8. The van der Waals surface area contributed by atoms with E-state index in [1.54, 1.807) is 0 Å². The van der Waals surface area contributed by atoms with Crippen molar-refractivity contribution in [3.63, 3.8) is 0 Å². The van der Waals surface area contributed by atoms with Crippen molar-refractivity contribution < 1.29 is 0 Å². The second-order valence-corrected chi connectivity index (χ2v) is 17.2. The number of anilines is 3. The van der Waals surface area contributed by atoms with Gasteiger partial charge in [-0.05, 0) is 98.1 Å². The van der Waals surface area contributed by atoms with Gasteiger partial charge in [0.05, 0.1) is 22.4 Å². The van der Waals surface area contributed by atoms with Gasteiger partial charge < -0.3 is 9.47 Å². The summed E-state index contributed by atoms with van der Waals surface area (Å²) in [6.07, 6.45) is 0. The Balaban J connectivity index is 1.12. The topological polar surface area (TPSA) is 8.17 Å². The average Bonchev–Trinajstić information content (AvgIpc) is 3.76. The van der Waals surface area contributed by atoms with Gasteiger partial charge in [0, 0.05) is 33.3 Å². The third-order valence-electron chi connectivity index (χ3n) is 13.2. The van der Waals surface area contributed by atoms with Crippen molar-refractivity contribution in [2.45, 2.75) is 0 Å². The van der Waals surface area contributed by atoms with E-state index in [0.29, 0.717) is 0 Å². The predicted molar refractivity (Wildman–Crippen MR) is 288 cm³/mol. The maximum absolute atomic E-state index is 2.48. The highest BCUT2D eigenvalue weighted by molar-refractivity contribution is 6.09. The van der Waals surface area contributed by atoms with Crippen molar-refractivity contribution in [3.8, 4) is 72.4 Å². The molecule has 0 unspecified atom stereocenters. The highest BCUT2D eigenvalue weighted by atomic mass is 15.2. The van der Waals surface area contributed by atoms with Gasteiger partial charge in [0.2, 0.25) is 0 Å². The summed E-state index contributed by atoms with van der Waals surface area (Å²) >= 11 is 0. The Morgan fingerprint density at radius 1 is 0.250 bits per heavy atom. The molecule has 0 saturated heterocycles. The molecule has 0 amide bonds. The quantitative estimate of drug-likeness (QED) is 0.133. The van der Waals surface area contributed by atoms with Crippen LogP contribution in [0.1, 0.15) is 0 Å². The van der Waals surface area contributed by atoms with Crippen LogP contribution in [-0.2, 0) is 0 Å². The van der Waals surface area contributed by atoms with Crippen molar-refractivity contribution in [1.29, 1.82) is 0 Å². The molecule has 0 atom stereocenters. The number of hydrogen-bond acceptors (Lipinski definition) is 1. The molecule has 0 spiro atoms. The molecule has 0 aliphatic heterocycles. The van der Waals surface area contributed by atoms with Crippen molar-refractivity contribution in [2.75, 3.05) is 4.90 Å². The molecule has 1 aromatic heterocycles. The molecule has 68 heavy (non-hydrogen) atoms. The summed E-state index contributed by atoms with van der Waals surface area (Å²) in [4.78, 5) is 2.48. The summed E-state index contributed by atoms with van der Waals surface area (Å²) in [6.45, 7) is 0. The van der Waals surface area contributed by atoms with Crippen LogP contribution in [0.25, 0.3) is 94.3 Å². The molecule has 320 valence electrons. The zero-order chi connectivity index (χ0) is 45.2. The maximum atomic E-state index is 2.48. The molecule has 2 nitrogen and oxygen atoms in total. The average molecular weight is 867 g/mol. The van der Waals surface area contributed by atoms with Crippen LogP contribution in [-0.4, -0.2) is 4.57 Å². The van der Waals surface area contributed by atoms with Crippen LogP contribution in [0.2, 0.25) is 0 Å². The van der Waals surface area contributed by atoms with Gasteiger partial charge in [-0.3, -0.25) is 0 Å². The summed E-state index contributed by atoms with van der Waals surface area (Å²) in [5.74, 6) is 0. The van der Waals surface area contributed by atoms with Crippen LogP contribution in [0.15, 0.2) is 279 Å². The van der Waals surface area contributed by atoms with Crippen LogP contribution >= 0.6 is 0 Å². The Labute approximate surface area is 397 Å². The number of benzene rings is 11. The van der Waals surface area contributed by atoms with E-state index >= 15 is 0 Å². The minimum absolute atomic E-state index is 1.05. The molecule has 0 fully saturated rings. The van der Waals surface area contributed by atoms with Crippen molar-refractivity contribution in [3.05, 3.63) is 279 Å². The predicted octanol–water partition coefficient (Wildman–Crippen LogP) is 18.3. The Morgan fingerprint density at radius 2 is 0.662 bits per heavy atom. The molecule has 11 aromatic carbocycles. The largest absolute Gasteiger partial charge is 0.309 e. The van der Waals surface area contributed by atoms with E-state index in [1.807, 2.05) is 0 Å². The molecular formula is C66H46N2.